The molecular formula is C74H114O6. The van der Waals surface area contributed by atoms with Gasteiger partial charge in [-0.15, -0.1) is 0 Å². The largest absolute Gasteiger partial charge is 0.462 e. The molecule has 0 rings (SSSR count). The van der Waals surface area contributed by atoms with Crippen LogP contribution >= 0.6 is 0 Å². The van der Waals surface area contributed by atoms with Crippen molar-refractivity contribution in [3.63, 3.8) is 0 Å². The first-order chi connectivity index (χ1) is 39.5. The van der Waals surface area contributed by atoms with Gasteiger partial charge in [-0.2, -0.15) is 0 Å². The molecule has 0 bridgehead atoms. The predicted octanol–water partition coefficient (Wildman–Crippen LogP) is 22.0. The third kappa shape index (κ3) is 63.3. The van der Waals surface area contributed by atoms with E-state index in [9.17, 15) is 14.4 Å². The Morgan fingerprint density at radius 1 is 0.263 bits per heavy atom. The van der Waals surface area contributed by atoms with Crippen LogP contribution in [0.25, 0.3) is 0 Å². The monoisotopic (exact) mass is 1100 g/mol. The van der Waals surface area contributed by atoms with Gasteiger partial charge in [-0.05, 0) is 135 Å². The smallest absolute Gasteiger partial charge is 0.306 e. The molecule has 0 aliphatic heterocycles. The predicted molar refractivity (Wildman–Crippen MR) is 348 cm³/mol. The Morgan fingerprint density at radius 3 is 0.812 bits per heavy atom. The molecule has 0 N–H and O–H groups in total. The first-order valence-corrected chi connectivity index (χ1v) is 31.8. The number of esters is 3. The van der Waals surface area contributed by atoms with Crippen LogP contribution < -0.4 is 0 Å². The molecule has 446 valence electrons. The molecule has 80 heavy (non-hydrogen) atoms. The zero-order chi connectivity index (χ0) is 57.8. The van der Waals surface area contributed by atoms with Crippen molar-refractivity contribution >= 4 is 17.9 Å². The lowest BCUT2D eigenvalue weighted by Gasteiger charge is -2.18. The zero-order valence-corrected chi connectivity index (χ0v) is 51.0. The van der Waals surface area contributed by atoms with Gasteiger partial charge in [0, 0.05) is 19.3 Å². The summed E-state index contributed by atoms with van der Waals surface area (Å²) in [6.45, 7) is 6.30. The third-order valence-corrected chi connectivity index (χ3v) is 12.7. The van der Waals surface area contributed by atoms with Crippen molar-refractivity contribution in [2.75, 3.05) is 13.2 Å². The average molecular weight is 1100 g/mol. The van der Waals surface area contributed by atoms with Crippen LogP contribution in [0.15, 0.2) is 182 Å². The Morgan fingerprint density at radius 2 is 0.500 bits per heavy atom. The van der Waals surface area contributed by atoms with E-state index in [1.165, 1.54) is 44.9 Å². The fraction of sp³-hybridized carbons (Fsp3) is 0.554. The number of allylic oxidation sites excluding steroid dienone is 30. The molecule has 6 nitrogen and oxygen atoms in total. The second-order valence-electron chi connectivity index (χ2n) is 20.2. The summed E-state index contributed by atoms with van der Waals surface area (Å²) in [5, 5.41) is 0. The molecule has 0 aromatic carbocycles. The summed E-state index contributed by atoms with van der Waals surface area (Å²) in [6, 6.07) is 0. The molecular weight excluding hydrogens is 985 g/mol. The molecule has 0 aromatic rings. The van der Waals surface area contributed by atoms with Gasteiger partial charge in [-0.3, -0.25) is 14.4 Å². The van der Waals surface area contributed by atoms with E-state index in [2.05, 4.69) is 203 Å². The first-order valence-electron chi connectivity index (χ1n) is 31.8. The summed E-state index contributed by atoms with van der Waals surface area (Å²) in [5.41, 5.74) is 0. The van der Waals surface area contributed by atoms with E-state index in [0.29, 0.717) is 19.3 Å². The van der Waals surface area contributed by atoms with Gasteiger partial charge in [-0.25, -0.2) is 0 Å². The molecule has 1 unspecified atom stereocenters. The molecule has 6 heteroatoms. The molecule has 0 spiro atoms. The summed E-state index contributed by atoms with van der Waals surface area (Å²) in [7, 11) is 0. The Hall–Kier alpha value is -5.49. The van der Waals surface area contributed by atoms with Crippen LogP contribution in [-0.4, -0.2) is 37.2 Å². The lowest BCUT2D eigenvalue weighted by molar-refractivity contribution is -0.167. The quantitative estimate of drug-likeness (QED) is 0.0261. The van der Waals surface area contributed by atoms with Crippen LogP contribution in [0.5, 0.6) is 0 Å². The third-order valence-electron chi connectivity index (χ3n) is 12.7. The topological polar surface area (TPSA) is 78.9 Å². The highest BCUT2D eigenvalue weighted by atomic mass is 16.6. The lowest BCUT2D eigenvalue weighted by atomic mass is 10.1. The van der Waals surface area contributed by atoms with Gasteiger partial charge in [-0.1, -0.05) is 274 Å². The van der Waals surface area contributed by atoms with E-state index in [1.807, 2.05) is 0 Å². The number of hydrogen-bond acceptors (Lipinski definition) is 6. The van der Waals surface area contributed by atoms with E-state index in [-0.39, 0.29) is 37.5 Å². The summed E-state index contributed by atoms with van der Waals surface area (Å²) < 4.78 is 16.8. The van der Waals surface area contributed by atoms with E-state index in [4.69, 9.17) is 14.2 Å². The summed E-state index contributed by atoms with van der Waals surface area (Å²) in [5.74, 6) is -1.00. The highest BCUT2D eigenvalue weighted by molar-refractivity contribution is 5.71. The van der Waals surface area contributed by atoms with Crippen molar-refractivity contribution in [2.45, 2.75) is 252 Å². The maximum atomic E-state index is 12.9. The van der Waals surface area contributed by atoms with E-state index >= 15 is 0 Å². The summed E-state index contributed by atoms with van der Waals surface area (Å²) >= 11 is 0. The fourth-order valence-electron chi connectivity index (χ4n) is 7.98. The van der Waals surface area contributed by atoms with E-state index in [0.717, 1.165) is 154 Å². The lowest BCUT2D eigenvalue weighted by Crippen LogP contribution is -2.30. The molecule has 0 aromatic heterocycles. The number of carbonyl (C=O) groups is 3. The van der Waals surface area contributed by atoms with Crippen molar-refractivity contribution in [1.29, 1.82) is 0 Å². The van der Waals surface area contributed by atoms with Gasteiger partial charge in [0.05, 0.1) is 0 Å². The molecule has 0 aliphatic carbocycles. The van der Waals surface area contributed by atoms with Crippen LogP contribution in [0, 0.1) is 0 Å². The number of ether oxygens (including phenoxy) is 3. The molecule has 1 atom stereocenters. The molecule has 0 fully saturated rings. The van der Waals surface area contributed by atoms with Gasteiger partial charge in [0.15, 0.2) is 6.10 Å². The van der Waals surface area contributed by atoms with Gasteiger partial charge in [0.1, 0.15) is 13.2 Å². The fourth-order valence-corrected chi connectivity index (χ4v) is 7.98. The maximum absolute atomic E-state index is 12.9. The second kappa shape index (κ2) is 66.0. The van der Waals surface area contributed by atoms with Gasteiger partial charge < -0.3 is 14.2 Å². The minimum absolute atomic E-state index is 0.110. The van der Waals surface area contributed by atoms with Crippen LogP contribution in [0.3, 0.4) is 0 Å². The van der Waals surface area contributed by atoms with Crippen LogP contribution in [0.4, 0.5) is 0 Å². The standard InChI is InChI=1S/C74H114O6/c1-4-7-10-13-16-19-21-23-25-27-29-31-33-35-36-37-38-40-41-43-45-47-49-51-53-55-58-61-64-67-73(76)79-70-71(69-78-72(75)66-63-60-57-18-15-12-9-6-3)80-74(77)68-65-62-59-56-54-52-50-48-46-44-42-39-34-32-30-28-26-24-22-20-17-14-11-8-5-2/h7-8,10-11,16-17,19-20,23-26,29-32,35-36,38-40,42-43,45-46,48-49,51,55,58,71H,4-6,9,12-15,18,21-22,27-28,33-34,37,41,44,47,50,52-54,56-57,59-70H2,1-3H3/b10-7-,11-8-,19-16-,20-17-,25-23-,26-24-,31-29-,32-30-,36-35-,40-38-,42-39-,45-43-,48-46-,51-49-,58-55-. The minimum atomic E-state index is -0.818. The molecule has 0 saturated heterocycles. The highest BCUT2D eigenvalue weighted by Gasteiger charge is 2.19. The number of unbranched alkanes of at least 4 members (excludes halogenated alkanes) is 14. The molecule has 0 radical (unpaired) electrons. The maximum Gasteiger partial charge on any atom is 0.306 e. The Labute approximate surface area is 491 Å². The van der Waals surface area contributed by atoms with E-state index < -0.39 is 6.10 Å². The molecule has 0 saturated carbocycles. The normalized spacial score (nSPS) is 13.4. The Kier molecular flexibility index (Phi) is 61.5. The van der Waals surface area contributed by atoms with Crippen molar-refractivity contribution < 1.29 is 28.6 Å². The Balaban J connectivity index is 4.38. The first kappa shape index (κ1) is 74.5. The Bertz CT molecular complexity index is 1890. The van der Waals surface area contributed by atoms with Crippen molar-refractivity contribution in [3.05, 3.63) is 182 Å². The molecule has 0 heterocycles. The number of hydrogen-bond donors (Lipinski definition) is 0. The number of rotatable bonds is 55. The summed E-state index contributed by atoms with van der Waals surface area (Å²) in [4.78, 5) is 38.1. The van der Waals surface area contributed by atoms with Crippen LogP contribution in [-0.2, 0) is 28.6 Å². The van der Waals surface area contributed by atoms with E-state index in [1.54, 1.807) is 0 Å². The van der Waals surface area contributed by atoms with Crippen molar-refractivity contribution in [1.82, 2.24) is 0 Å². The SMILES string of the molecule is CC/C=C\C/C=C\C/C=C\C/C=C\C/C=C\C/C=C\C/C=C\C/C=C\C/C=C\CCCC(=O)OCC(COC(=O)CCCCCCCCCC)OC(=O)CCCCCCCC/C=C\C/C=C\C/C=C\C/C=C\C/C=C\C/C=C\CC. The summed E-state index contributed by atoms with van der Waals surface area (Å²) in [6.07, 6.45) is 99.1. The zero-order valence-electron chi connectivity index (χ0n) is 51.0. The van der Waals surface area contributed by atoms with Crippen LogP contribution in [0.2, 0.25) is 0 Å². The minimum Gasteiger partial charge on any atom is -0.462 e. The average Bonchev–Trinajstić information content (AvgIpc) is 3.46. The van der Waals surface area contributed by atoms with Crippen molar-refractivity contribution in [3.8, 4) is 0 Å². The number of carbonyl (C=O) groups excluding carboxylic acids is 3. The second-order valence-corrected chi connectivity index (χ2v) is 20.2. The van der Waals surface area contributed by atoms with Gasteiger partial charge in [0.25, 0.3) is 0 Å². The van der Waals surface area contributed by atoms with Gasteiger partial charge in [0.2, 0.25) is 0 Å². The molecule has 0 amide bonds. The highest BCUT2D eigenvalue weighted by Crippen LogP contribution is 2.13. The van der Waals surface area contributed by atoms with Gasteiger partial charge >= 0.3 is 17.9 Å². The molecule has 0 aliphatic rings. The van der Waals surface area contributed by atoms with Crippen LogP contribution in [0.1, 0.15) is 245 Å². The van der Waals surface area contributed by atoms with Crippen molar-refractivity contribution in [2.24, 2.45) is 0 Å².